The van der Waals surface area contributed by atoms with E-state index in [1.165, 1.54) is 30.5 Å². The van der Waals surface area contributed by atoms with E-state index in [1.807, 2.05) is 12.3 Å². The number of benzene rings is 1. The van der Waals surface area contributed by atoms with E-state index in [-0.39, 0.29) is 5.92 Å². The number of hydrogen-bond donors (Lipinski definition) is 0. The highest BCUT2D eigenvalue weighted by Crippen LogP contribution is 2.47. The number of fused-ring (bicyclic) bond motifs is 2. The van der Waals surface area contributed by atoms with Gasteiger partial charge in [0.25, 0.3) is 0 Å². The van der Waals surface area contributed by atoms with Crippen LogP contribution in [-0.2, 0) is 6.54 Å². The number of hydrogen-bond acceptors (Lipinski definition) is 3. The predicted molar refractivity (Wildman–Crippen MR) is 95.6 cm³/mol. The normalized spacial score (nSPS) is 33.4. The molecule has 1 aromatic carbocycles. The highest BCUT2D eigenvalue weighted by molar-refractivity contribution is 5.29. The van der Waals surface area contributed by atoms with Crippen molar-refractivity contribution in [1.29, 1.82) is 0 Å². The maximum absolute atomic E-state index is 13.9. The van der Waals surface area contributed by atoms with E-state index in [0.29, 0.717) is 18.0 Å². The van der Waals surface area contributed by atoms with Crippen LogP contribution in [0.15, 0.2) is 42.7 Å². The standard InChI is InChI=1S/C21H23F2N3/c22-17-8-16(9-18(23)10-17)19-13-26(12-14-2-1-5-24-11-14)20-15-3-6-25(7-4-15)21(19)20/h1-2,5,8-11,15,19-21H,3-4,6-7,12-13H2/t19-,20-,21-/m1/s1. The second-order valence-electron chi connectivity index (χ2n) is 7.95. The molecule has 5 heteroatoms. The summed E-state index contributed by atoms with van der Waals surface area (Å²) < 4.78 is 27.7. The maximum Gasteiger partial charge on any atom is 0.126 e. The molecular weight excluding hydrogens is 332 g/mol. The molecule has 0 amide bonds. The van der Waals surface area contributed by atoms with Crippen LogP contribution in [0.5, 0.6) is 0 Å². The molecule has 0 N–H and O–H groups in total. The van der Waals surface area contributed by atoms with Crippen LogP contribution in [0.4, 0.5) is 8.78 Å². The van der Waals surface area contributed by atoms with E-state index in [0.717, 1.165) is 37.8 Å². The van der Waals surface area contributed by atoms with Crippen LogP contribution < -0.4 is 0 Å². The molecule has 4 fully saturated rings. The molecule has 2 bridgehead atoms. The molecule has 26 heavy (non-hydrogen) atoms. The molecule has 136 valence electrons. The number of likely N-dealkylation sites (tertiary alicyclic amines) is 1. The molecule has 3 nitrogen and oxygen atoms in total. The zero-order valence-electron chi connectivity index (χ0n) is 14.7. The van der Waals surface area contributed by atoms with Crippen LogP contribution in [0.3, 0.4) is 0 Å². The van der Waals surface area contributed by atoms with Crippen LogP contribution in [0, 0.1) is 17.6 Å². The summed E-state index contributed by atoms with van der Waals surface area (Å²) in [5.74, 6) is -0.105. The third-order valence-electron chi connectivity index (χ3n) is 6.52. The Balaban J connectivity index is 1.50. The fourth-order valence-corrected chi connectivity index (χ4v) is 5.53. The molecule has 0 saturated carbocycles. The molecule has 0 radical (unpaired) electrons. The Bertz CT molecular complexity index is 769. The lowest BCUT2D eigenvalue weighted by Crippen LogP contribution is -2.60. The highest BCUT2D eigenvalue weighted by Gasteiger charge is 2.53. The molecule has 4 saturated heterocycles. The molecular formula is C21H23F2N3. The Morgan fingerprint density at radius 3 is 2.50 bits per heavy atom. The summed E-state index contributed by atoms with van der Waals surface area (Å²) in [7, 11) is 0. The number of nitrogens with zero attached hydrogens (tertiary/aromatic N) is 3. The summed E-state index contributed by atoms with van der Waals surface area (Å²) in [6, 6.07) is 8.94. The van der Waals surface area contributed by atoms with Crippen molar-refractivity contribution < 1.29 is 8.78 Å². The van der Waals surface area contributed by atoms with Crippen molar-refractivity contribution in [3.8, 4) is 0 Å². The van der Waals surface area contributed by atoms with Gasteiger partial charge in [-0.25, -0.2) is 8.78 Å². The summed E-state index contributed by atoms with van der Waals surface area (Å²) in [5.41, 5.74) is 2.01. The Kier molecular flexibility index (Phi) is 4.02. The van der Waals surface area contributed by atoms with E-state index < -0.39 is 11.6 Å². The van der Waals surface area contributed by atoms with Gasteiger partial charge in [-0.2, -0.15) is 0 Å². The van der Waals surface area contributed by atoms with Crippen molar-refractivity contribution in [1.82, 2.24) is 14.8 Å². The highest BCUT2D eigenvalue weighted by atomic mass is 19.1. The molecule has 6 rings (SSSR count). The number of piperidine rings is 3. The Morgan fingerprint density at radius 1 is 1.04 bits per heavy atom. The fourth-order valence-electron chi connectivity index (χ4n) is 5.53. The molecule has 0 spiro atoms. The minimum absolute atomic E-state index is 0.157. The first kappa shape index (κ1) is 16.3. The van der Waals surface area contributed by atoms with Gasteiger partial charge in [-0.1, -0.05) is 6.07 Å². The zero-order chi connectivity index (χ0) is 17.7. The average molecular weight is 355 g/mol. The lowest BCUT2D eigenvalue weighted by atomic mass is 9.75. The smallest absolute Gasteiger partial charge is 0.126 e. The van der Waals surface area contributed by atoms with Gasteiger partial charge in [0.2, 0.25) is 0 Å². The first-order valence-electron chi connectivity index (χ1n) is 9.52. The molecule has 2 aromatic rings. The average Bonchev–Trinajstić information content (AvgIpc) is 3.04. The largest absolute Gasteiger partial charge is 0.298 e. The number of halogens is 2. The topological polar surface area (TPSA) is 19.4 Å². The Hall–Kier alpha value is -1.85. The van der Waals surface area contributed by atoms with Gasteiger partial charge in [-0.05, 0) is 61.2 Å². The molecule has 4 aliphatic heterocycles. The zero-order valence-corrected chi connectivity index (χ0v) is 14.7. The monoisotopic (exact) mass is 355 g/mol. The summed E-state index contributed by atoms with van der Waals surface area (Å²) in [6.07, 6.45) is 6.18. The summed E-state index contributed by atoms with van der Waals surface area (Å²) in [4.78, 5) is 9.33. The molecule has 4 aliphatic rings. The van der Waals surface area contributed by atoms with Crippen molar-refractivity contribution >= 4 is 0 Å². The number of pyridine rings is 1. The minimum atomic E-state index is -0.474. The molecule has 0 unspecified atom stereocenters. The van der Waals surface area contributed by atoms with Gasteiger partial charge in [0, 0.05) is 49.6 Å². The first-order chi connectivity index (χ1) is 12.7. The SMILES string of the molecule is Fc1cc(F)cc([C@H]2CN(Cc3cccnc3)[C@@H]3C4CCN(CC4)[C@H]23)c1. The lowest BCUT2D eigenvalue weighted by Gasteiger charge is -2.51. The van der Waals surface area contributed by atoms with Crippen molar-refractivity contribution in [3.63, 3.8) is 0 Å². The second kappa shape index (κ2) is 6.39. The predicted octanol–water partition coefficient (Wildman–Crippen LogP) is 3.42. The van der Waals surface area contributed by atoms with Gasteiger partial charge >= 0.3 is 0 Å². The van der Waals surface area contributed by atoms with Crippen molar-refractivity contribution in [3.05, 3.63) is 65.5 Å². The fraction of sp³-hybridized carbons (Fsp3) is 0.476. The molecule has 1 aromatic heterocycles. The van der Waals surface area contributed by atoms with Gasteiger partial charge in [0.05, 0.1) is 0 Å². The third-order valence-corrected chi connectivity index (χ3v) is 6.52. The van der Waals surface area contributed by atoms with Gasteiger partial charge in [-0.3, -0.25) is 14.8 Å². The lowest BCUT2D eigenvalue weighted by molar-refractivity contribution is -0.00873. The van der Waals surface area contributed by atoms with Crippen LogP contribution in [0.25, 0.3) is 0 Å². The summed E-state index contributed by atoms with van der Waals surface area (Å²) in [5, 5.41) is 0. The van der Waals surface area contributed by atoms with Crippen LogP contribution in [0.2, 0.25) is 0 Å². The van der Waals surface area contributed by atoms with E-state index in [9.17, 15) is 8.78 Å². The number of rotatable bonds is 3. The van der Waals surface area contributed by atoms with Crippen LogP contribution in [-0.4, -0.2) is 46.5 Å². The third kappa shape index (κ3) is 2.74. The van der Waals surface area contributed by atoms with Gasteiger partial charge in [0.1, 0.15) is 11.6 Å². The van der Waals surface area contributed by atoms with Crippen molar-refractivity contribution in [2.75, 3.05) is 19.6 Å². The second-order valence-corrected chi connectivity index (χ2v) is 7.95. The van der Waals surface area contributed by atoms with E-state index in [1.54, 1.807) is 6.20 Å². The quantitative estimate of drug-likeness (QED) is 0.841. The molecule has 0 aliphatic carbocycles. The Morgan fingerprint density at radius 2 is 1.81 bits per heavy atom. The minimum Gasteiger partial charge on any atom is -0.298 e. The van der Waals surface area contributed by atoms with E-state index in [4.69, 9.17) is 0 Å². The molecule has 3 atom stereocenters. The Labute approximate surface area is 152 Å². The van der Waals surface area contributed by atoms with Gasteiger partial charge < -0.3 is 0 Å². The van der Waals surface area contributed by atoms with Crippen LogP contribution in [0.1, 0.15) is 29.9 Å². The number of aromatic nitrogens is 1. The van der Waals surface area contributed by atoms with E-state index in [2.05, 4.69) is 20.9 Å². The summed E-state index contributed by atoms with van der Waals surface area (Å²) in [6.45, 7) is 3.93. The van der Waals surface area contributed by atoms with Crippen molar-refractivity contribution in [2.24, 2.45) is 5.92 Å². The van der Waals surface area contributed by atoms with Gasteiger partial charge in [0.15, 0.2) is 0 Å². The van der Waals surface area contributed by atoms with Gasteiger partial charge in [-0.15, -0.1) is 0 Å². The molecule has 5 heterocycles. The van der Waals surface area contributed by atoms with Crippen molar-refractivity contribution in [2.45, 2.75) is 37.4 Å². The summed E-state index contributed by atoms with van der Waals surface area (Å²) >= 11 is 0. The maximum atomic E-state index is 13.9. The van der Waals surface area contributed by atoms with Crippen LogP contribution >= 0.6 is 0 Å². The first-order valence-corrected chi connectivity index (χ1v) is 9.52. The van der Waals surface area contributed by atoms with E-state index >= 15 is 0 Å².